The Balaban J connectivity index is 2.12. The summed E-state index contributed by atoms with van der Waals surface area (Å²) in [4.78, 5) is 20.1. The standard InChI is InChI=1S/C20H26ClN3O2/c1-4-24(5-2)20(26)14-10-15(17(12-25)23(3)11-14)18-16(21)7-6-13-8-9-22-19(13)18/h6-10,14,17,22,25H,4-5,11-12H2,1-3H3. The molecule has 1 aromatic heterocycles. The van der Waals surface area contributed by atoms with Crippen LogP contribution in [0.5, 0.6) is 0 Å². The molecule has 3 rings (SSSR count). The van der Waals surface area contributed by atoms with E-state index in [0.29, 0.717) is 24.7 Å². The van der Waals surface area contributed by atoms with Gasteiger partial charge in [0.25, 0.3) is 0 Å². The zero-order chi connectivity index (χ0) is 18.8. The van der Waals surface area contributed by atoms with Gasteiger partial charge in [0.15, 0.2) is 0 Å². The number of rotatable bonds is 5. The second kappa shape index (κ2) is 7.82. The number of H-pyrrole nitrogens is 1. The fourth-order valence-corrected chi connectivity index (χ4v) is 4.11. The summed E-state index contributed by atoms with van der Waals surface area (Å²) in [6.45, 7) is 5.92. The first-order valence-corrected chi connectivity index (χ1v) is 9.47. The van der Waals surface area contributed by atoms with E-state index in [1.165, 1.54) is 0 Å². The molecule has 0 saturated heterocycles. The Morgan fingerprint density at radius 1 is 1.35 bits per heavy atom. The number of likely N-dealkylation sites (N-methyl/N-ethyl adjacent to an activating group) is 1. The van der Waals surface area contributed by atoms with Gasteiger partial charge in [-0.2, -0.15) is 0 Å². The van der Waals surface area contributed by atoms with E-state index >= 15 is 0 Å². The van der Waals surface area contributed by atoms with Gasteiger partial charge in [0.05, 0.1) is 29.1 Å². The molecule has 2 aromatic rings. The van der Waals surface area contributed by atoms with Crippen LogP contribution in [0.1, 0.15) is 19.4 Å². The number of hydrogen-bond donors (Lipinski definition) is 2. The molecule has 1 aliphatic heterocycles. The number of aliphatic hydroxyl groups excluding tert-OH is 1. The van der Waals surface area contributed by atoms with Crippen molar-refractivity contribution in [3.05, 3.63) is 41.1 Å². The second-order valence-electron chi connectivity index (χ2n) is 6.74. The minimum atomic E-state index is -0.251. The average molecular weight is 376 g/mol. The molecular formula is C20H26ClN3O2. The number of amides is 1. The van der Waals surface area contributed by atoms with Crippen LogP contribution < -0.4 is 0 Å². The maximum atomic E-state index is 12.9. The third kappa shape index (κ3) is 3.27. The van der Waals surface area contributed by atoms with E-state index in [0.717, 1.165) is 22.0 Å². The Morgan fingerprint density at radius 2 is 2.08 bits per heavy atom. The average Bonchev–Trinajstić information content (AvgIpc) is 3.10. The lowest BCUT2D eigenvalue weighted by Crippen LogP contribution is -2.47. The van der Waals surface area contributed by atoms with E-state index in [-0.39, 0.29) is 24.5 Å². The van der Waals surface area contributed by atoms with Crippen LogP contribution in [0.4, 0.5) is 0 Å². The van der Waals surface area contributed by atoms with Gasteiger partial charge in [0.1, 0.15) is 0 Å². The van der Waals surface area contributed by atoms with Crippen molar-refractivity contribution >= 4 is 34.0 Å². The minimum Gasteiger partial charge on any atom is -0.394 e. The predicted octanol–water partition coefficient (Wildman–Crippen LogP) is 3.00. The number of aliphatic hydroxyl groups is 1. The van der Waals surface area contributed by atoms with Crippen LogP contribution >= 0.6 is 11.6 Å². The summed E-state index contributed by atoms with van der Waals surface area (Å²) in [5.74, 6) is -0.135. The maximum Gasteiger partial charge on any atom is 0.230 e. The fraction of sp³-hybridized carbons (Fsp3) is 0.450. The molecule has 0 spiro atoms. The number of fused-ring (bicyclic) bond motifs is 1. The number of benzene rings is 1. The number of aromatic amines is 1. The van der Waals surface area contributed by atoms with Gasteiger partial charge < -0.3 is 15.0 Å². The van der Waals surface area contributed by atoms with Crippen LogP contribution in [0.15, 0.2) is 30.5 Å². The molecule has 1 amide bonds. The van der Waals surface area contributed by atoms with Gasteiger partial charge in [-0.3, -0.25) is 9.69 Å². The van der Waals surface area contributed by atoms with Crippen molar-refractivity contribution in [2.45, 2.75) is 19.9 Å². The first-order valence-electron chi connectivity index (χ1n) is 9.09. The molecule has 0 saturated carbocycles. The highest BCUT2D eigenvalue weighted by Crippen LogP contribution is 2.37. The summed E-state index contributed by atoms with van der Waals surface area (Å²) in [6.07, 6.45) is 3.88. The van der Waals surface area contributed by atoms with Gasteiger partial charge in [0, 0.05) is 36.8 Å². The van der Waals surface area contributed by atoms with Crippen LogP contribution in [0.2, 0.25) is 5.02 Å². The fourth-order valence-electron chi connectivity index (χ4n) is 3.85. The number of nitrogens with one attached hydrogen (secondary N) is 1. The molecule has 0 bridgehead atoms. The normalized spacial score (nSPS) is 21.0. The minimum absolute atomic E-state index is 0.0259. The highest BCUT2D eigenvalue weighted by molar-refractivity contribution is 6.33. The SMILES string of the molecule is CCN(CC)C(=O)C1C=C(c2c(Cl)ccc3cc[nH]c23)C(CO)N(C)C1. The van der Waals surface area contributed by atoms with Gasteiger partial charge in [0.2, 0.25) is 5.91 Å². The van der Waals surface area contributed by atoms with Crippen molar-refractivity contribution in [2.24, 2.45) is 5.92 Å². The van der Waals surface area contributed by atoms with Gasteiger partial charge in [-0.25, -0.2) is 0 Å². The molecule has 0 fully saturated rings. The summed E-state index contributed by atoms with van der Waals surface area (Å²) < 4.78 is 0. The van der Waals surface area contributed by atoms with E-state index < -0.39 is 0 Å². The van der Waals surface area contributed by atoms with E-state index in [1.54, 1.807) is 0 Å². The molecule has 6 heteroatoms. The lowest BCUT2D eigenvalue weighted by atomic mass is 9.87. The Kier molecular flexibility index (Phi) is 5.70. The quantitative estimate of drug-likeness (QED) is 0.844. The number of carbonyl (C=O) groups excluding carboxylic acids is 1. The number of halogens is 1. The van der Waals surface area contributed by atoms with Crippen molar-refractivity contribution in [3.8, 4) is 0 Å². The summed E-state index contributed by atoms with van der Waals surface area (Å²) in [5, 5.41) is 11.7. The molecule has 26 heavy (non-hydrogen) atoms. The lowest BCUT2D eigenvalue weighted by molar-refractivity contribution is -0.134. The van der Waals surface area contributed by atoms with Crippen molar-refractivity contribution < 1.29 is 9.90 Å². The van der Waals surface area contributed by atoms with E-state index in [1.807, 2.05) is 61.2 Å². The molecule has 1 aliphatic rings. The van der Waals surface area contributed by atoms with Crippen LogP contribution in [-0.2, 0) is 4.79 Å². The molecule has 0 radical (unpaired) electrons. The highest BCUT2D eigenvalue weighted by Gasteiger charge is 2.34. The van der Waals surface area contributed by atoms with Crippen LogP contribution in [-0.4, -0.2) is 65.1 Å². The lowest BCUT2D eigenvalue weighted by Gasteiger charge is -2.37. The van der Waals surface area contributed by atoms with Gasteiger partial charge in [-0.15, -0.1) is 0 Å². The zero-order valence-electron chi connectivity index (χ0n) is 15.5. The summed E-state index contributed by atoms with van der Waals surface area (Å²) in [7, 11) is 1.94. The molecule has 0 aliphatic carbocycles. The van der Waals surface area contributed by atoms with Crippen LogP contribution in [0, 0.1) is 5.92 Å². The Hall–Kier alpha value is -1.82. The number of nitrogens with zero attached hydrogens (tertiary/aromatic N) is 2. The topological polar surface area (TPSA) is 59.6 Å². The molecule has 2 N–H and O–H groups in total. The molecule has 140 valence electrons. The second-order valence-corrected chi connectivity index (χ2v) is 7.15. The molecule has 2 heterocycles. The smallest absolute Gasteiger partial charge is 0.230 e. The Labute approximate surface area is 159 Å². The molecule has 2 unspecified atom stereocenters. The van der Waals surface area contributed by atoms with Crippen LogP contribution in [0.3, 0.4) is 0 Å². The maximum absolute atomic E-state index is 12.9. The van der Waals surface area contributed by atoms with Crippen molar-refractivity contribution in [1.29, 1.82) is 0 Å². The molecule has 1 aromatic carbocycles. The van der Waals surface area contributed by atoms with Crippen LogP contribution in [0.25, 0.3) is 16.5 Å². The molecule has 5 nitrogen and oxygen atoms in total. The summed E-state index contributed by atoms with van der Waals surface area (Å²) >= 11 is 6.55. The Bertz CT molecular complexity index is 826. The number of aromatic nitrogens is 1. The summed E-state index contributed by atoms with van der Waals surface area (Å²) in [6, 6.07) is 5.65. The van der Waals surface area contributed by atoms with Crippen molar-refractivity contribution in [2.75, 3.05) is 33.3 Å². The first-order chi connectivity index (χ1) is 12.5. The highest BCUT2D eigenvalue weighted by atomic mass is 35.5. The third-order valence-corrected chi connectivity index (χ3v) is 5.60. The van der Waals surface area contributed by atoms with E-state index in [2.05, 4.69) is 4.98 Å². The molecular weight excluding hydrogens is 350 g/mol. The first kappa shape index (κ1) is 19.0. The number of carbonyl (C=O) groups is 1. The summed E-state index contributed by atoms with van der Waals surface area (Å²) in [5.41, 5.74) is 2.72. The monoisotopic (exact) mass is 375 g/mol. The van der Waals surface area contributed by atoms with Gasteiger partial charge in [-0.05, 0) is 38.6 Å². The third-order valence-electron chi connectivity index (χ3n) is 5.29. The number of hydrogen-bond acceptors (Lipinski definition) is 3. The van der Waals surface area contributed by atoms with Gasteiger partial charge in [-0.1, -0.05) is 23.7 Å². The van der Waals surface area contributed by atoms with Crippen molar-refractivity contribution in [1.82, 2.24) is 14.8 Å². The predicted molar refractivity (Wildman–Crippen MR) is 106 cm³/mol. The largest absolute Gasteiger partial charge is 0.394 e. The zero-order valence-corrected chi connectivity index (χ0v) is 16.3. The molecule has 2 atom stereocenters. The Morgan fingerprint density at radius 3 is 2.73 bits per heavy atom. The van der Waals surface area contributed by atoms with Crippen molar-refractivity contribution in [3.63, 3.8) is 0 Å². The van der Waals surface area contributed by atoms with E-state index in [9.17, 15) is 9.90 Å². The van der Waals surface area contributed by atoms with Gasteiger partial charge >= 0.3 is 0 Å². The van der Waals surface area contributed by atoms with E-state index in [4.69, 9.17) is 11.6 Å².